The maximum Gasteiger partial charge on any atom is 0.130 e. The number of halogens is 1. The zero-order chi connectivity index (χ0) is 19.4. The lowest BCUT2D eigenvalue weighted by molar-refractivity contribution is 0.295. The Morgan fingerprint density at radius 2 is 1.96 bits per heavy atom. The van der Waals surface area contributed by atoms with Crippen LogP contribution in [0.15, 0.2) is 46.2 Å². The molecule has 0 bridgehead atoms. The van der Waals surface area contributed by atoms with Crippen LogP contribution in [0.25, 0.3) is 0 Å². The Bertz CT molecular complexity index is 781. The van der Waals surface area contributed by atoms with Crippen molar-refractivity contribution >= 4 is 34.9 Å². The fourth-order valence-corrected chi connectivity index (χ4v) is 5.58. The normalized spacial score (nSPS) is 19.6. The van der Waals surface area contributed by atoms with Crippen molar-refractivity contribution in [3.8, 4) is 5.75 Å². The first-order valence-corrected chi connectivity index (χ1v) is 11.8. The lowest BCUT2D eigenvalue weighted by Crippen LogP contribution is -2.36. The molecule has 1 atom stereocenters. The largest absolute Gasteiger partial charge is 0.507 e. The van der Waals surface area contributed by atoms with Crippen LogP contribution in [-0.2, 0) is 0 Å². The summed E-state index contributed by atoms with van der Waals surface area (Å²) in [7, 11) is 0. The van der Waals surface area contributed by atoms with Gasteiger partial charge >= 0.3 is 0 Å². The molecule has 0 spiro atoms. The van der Waals surface area contributed by atoms with E-state index in [0.717, 1.165) is 39.9 Å². The summed E-state index contributed by atoms with van der Waals surface area (Å²) in [6, 6.07) is 10.8. The Balaban J connectivity index is 2.10. The highest BCUT2D eigenvalue weighted by molar-refractivity contribution is 7.99. The number of aromatic hydroxyl groups is 1. The molecule has 146 valence electrons. The van der Waals surface area contributed by atoms with Crippen LogP contribution in [0, 0.1) is 11.2 Å². The Labute approximate surface area is 170 Å². The number of fused-ring (bicyclic) bond motifs is 1. The smallest absolute Gasteiger partial charge is 0.130 e. The van der Waals surface area contributed by atoms with E-state index < -0.39 is 0 Å². The third-order valence-corrected chi connectivity index (χ3v) is 7.69. The molecule has 0 aromatic heterocycles. The molecule has 1 aliphatic rings. The fourth-order valence-electron chi connectivity index (χ4n) is 3.67. The molecule has 5 heteroatoms. The van der Waals surface area contributed by atoms with Crippen molar-refractivity contribution in [1.29, 1.82) is 0 Å². The number of phenolic OH excluding ortho intramolecular Hbond substituents is 1. The average molecular weight is 406 g/mol. The Morgan fingerprint density at radius 3 is 2.59 bits per heavy atom. The number of hydrogen-bond donors (Lipinski definition) is 1. The van der Waals surface area contributed by atoms with E-state index in [1.54, 1.807) is 11.8 Å². The molecule has 0 fully saturated rings. The minimum atomic E-state index is -0.216. The van der Waals surface area contributed by atoms with Crippen LogP contribution in [-0.4, -0.2) is 23.7 Å². The lowest BCUT2D eigenvalue weighted by atomic mass is 9.81. The van der Waals surface area contributed by atoms with Gasteiger partial charge in [-0.1, -0.05) is 26.7 Å². The summed E-state index contributed by atoms with van der Waals surface area (Å²) in [6.45, 7) is 5.43. The van der Waals surface area contributed by atoms with Crippen LogP contribution in [0.3, 0.4) is 0 Å². The van der Waals surface area contributed by atoms with Gasteiger partial charge in [-0.3, -0.25) is 0 Å². The maximum absolute atomic E-state index is 13.5. The maximum atomic E-state index is 13.5. The molecule has 0 saturated heterocycles. The molecular formula is C22H28FNOS2. The van der Waals surface area contributed by atoms with Crippen molar-refractivity contribution in [2.24, 2.45) is 5.41 Å². The Kier molecular flexibility index (Phi) is 6.64. The highest BCUT2D eigenvalue weighted by atomic mass is 32.2. The number of benzene rings is 2. The molecular weight excluding hydrogens is 377 g/mol. The molecule has 0 amide bonds. The van der Waals surface area contributed by atoms with E-state index in [9.17, 15) is 9.50 Å². The molecule has 27 heavy (non-hydrogen) atoms. The summed E-state index contributed by atoms with van der Waals surface area (Å²) < 4.78 is 13.5. The van der Waals surface area contributed by atoms with E-state index in [2.05, 4.69) is 24.8 Å². The van der Waals surface area contributed by atoms with Gasteiger partial charge in [-0.05, 0) is 60.9 Å². The van der Waals surface area contributed by atoms with Crippen LogP contribution >= 0.6 is 23.5 Å². The SMILES string of the molecule is CCCCC1(CC)CSc2cc(O)c(SC)cc2N(c2ccc(F)cc2)C1. The van der Waals surface area contributed by atoms with Gasteiger partial charge in [0.05, 0.1) is 10.6 Å². The van der Waals surface area contributed by atoms with Crippen molar-refractivity contribution in [1.82, 2.24) is 0 Å². The summed E-state index contributed by atoms with van der Waals surface area (Å²) in [4.78, 5) is 4.30. The van der Waals surface area contributed by atoms with E-state index in [1.165, 1.54) is 31.4 Å². The van der Waals surface area contributed by atoms with Gasteiger partial charge < -0.3 is 10.0 Å². The zero-order valence-corrected chi connectivity index (χ0v) is 17.9. The molecule has 1 heterocycles. The molecule has 2 aromatic rings. The third-order valence-electron chi connectivity index (χ3n) is 5.53. The standard InChI is InChI=1S/C22H28FNOS2/c1-4-6-11-22(5-2)14-24(17-9-7-16(23)8-10-17)18-12-21(26-3)19(25)13-20(18)27-15-22/h7-10,12-13,25H,4-6,11,14-15H2,1-3H3. The van der Waals surface area contributed by atoms with E-state index in [0.29, 0.717) is 5.75 Å². The molecule has 1 unspecified atom stereocenters. The number of hydrogen-bond acceptors (Lipinski definition) is 4. The van der Waals surface area contributed by atoms with Crippen molar-refractivity contribution in [3.05, 3.63) is 42.2 Å². The second-order valence-electron chi connectivity index (χ2n) is 7.30. The summed E-state index contributed by atoms with van der Waals surface area (Å²) in [5, 5.41) is 10.4. The van der Waals surface area contributed by atoms with Crippen molar-refractivity contribution in [2.45, 2.75) is 49.3 Å². The van der Waals surface area contributed by atoms with Crippen molar-refractivity contribution < 1.29 is 9.50 Å². The van der Waals surface area contributed by atoms with E-state index in [-0.39, 0.29) is 11.2 Å². The molecule has 0 aliphatic carbocycles. The average Bonchev–Trinajstić information content (AvgIpc) is 2.84. The first-order valence-electron chi connectivity index (χ1n) is 9.59. The van der Waals surface area contributed by atoms with Gasteiger partial charge in [0.15, 0.2) is 0 Å². The quantitative estimate of drug-likeness (QED) is 0.519. The van der Waals surface area contributed by atoms with Crippen LogP contribution in [0.5, 0.6) is 5.75 Å². The van der Waals surface area contributed by atoms with Gasteiger partial charge in [0.25, 0.3) is 0 Å². The van der Waals surface area contributed by atoms with Crippen LogP contribution in [0.1, 0.15) is 39.5 Å². The summed E-state index contributed by atoms with van der Waals surface area (Å²) in [6.07, 6.45) is 6.66. The minimum Gasteiger partial charge on any atom is -0.507 e. The van der Waals surface area contributed by atoms with Gasteiger partial charge in [0.2, 0.25) is 0 Å². The third kappa shape index (κ3) is 4.40. The van der Waals surface area contributed by atoms with Crippen LogP contribution in [0.2, 0.25) is 0 Å². The Morgan fingerprint density at radius 1 is 1.22 bits per heavy atom. The van der Waals surface area contributed by atoms with Crippen LogP contribution < -0.4 is 4.90 Å². The topological polar surface area (TPSA) is 23.5 Å². The number of rotatable bonds is 6. The van der Waals surface area contributed by atoms with E-state index >= 15 is 0 Å². The van der Waals surface area contributed by atoms with Gasteiger partial charge in [0.1, 0.15) is 11.6 Å². The summed E-state index contributed by atoms with van der Waals surface area (Å²) in [5.41, 5.74) is 2.32. The van der Waals surface area contributed by atoms with E-state index in [4.69, 9.17) is 0 Å². The van der Waals surface area contributed by atoms with Crippen molar-refractivity contribution in [3.63, 3.8) is 0 Å². The monoisotopic (exact) mass is 405 g/mol. The molecule has 2 nitrogen and oxygen atoms in total. The predicted octanol–water partition coefficient (Wildman–Crippen LogP) is 7.08. The molecule has 0 radical (unpaired) electrons. The lowest BCUT2D eigenvalue weighted by Gasteiger charge is -2.37. The van der Waals surface area contributed by atoms with Gasteiger partial charge in [-0.25, -0.2) is 4.39 Å². The Hall–Kier alpha value is -1.33. The number of phenols is 1. The van der Waals surface area contributed by atoms with E-state index in [1.807, 2.05) is 36.2 Å². The number of nitrogens with zero attached hydrogens (tertiary/aromatic N) is 1. The molecule has 1 aliphatic heterocycles. The second kappa shape index (κ2) is 8.78. The highest BCUT2D eigenvalue weighted by Gasteiger charge is 2.35. The molecule has 2 aromatic carbocycles. The van der Waals surface area contributed by atoms with Gasteiger partial charge in [-0.2, -0.15) is 0 Å². The first kappa shape index (κ1) is 20.4. The van der Waals surface area contributed by atoms with Crippen LogP contribution in [0.4, 0.5) is 15.8 Å². The zero-order valence-electron chi connectivity index (χ0n) is 16.3. The number of anilines is 2. The van der Waals surface area contributed by atoms with Gasteiger partial charge in [0, 0.05) is 22.9 Å². The first-order chi connectivity index (χ1) is 13.0. The van der Waals surface area contributed by atoms with Crippen molar-refractivity contribution in [2.75, 3.05) is 23.5 Å². The molecule has 1 N–H and O–H groups in total. The second-order valence-corrected chi connectivity index (χ2v) is 9.17. The molecule has 3 rings (SSSR count). The highest BCUT2D eigenvalue weighted by Crippen LogP contribution is 2.49. The number of unbranched alkanes of at least 4 members (excludes halogenated alkanes) is 1. The fraction of sp³-hybridized carbons (Fsp3) is 0.455. The predicted molar refractivity (Wildman–Crippen MR) is 116 cm³/mol. The number of thioether (sulfide) groups is 2. The summed E-state index contributed by atoms with van der Waals surface area (Å²) >= 11 is 3.39. The van der Waals surface area contributed by atoms with Gasteiger partial charge in [-0.15, -0.1) is 23.5 Å². The summed E-state index contributed by atoms with van der Waals surface area (Å²) in [5.74, 6) is 1.16. The molecule has 0 saturated carbocycles. The minimum absolute atomic E-state index is 0.198.